The molecule has 2 aromatic heterocycles. The fourth-order valence-electron chi connectivity index (χ4n) is 5.42. The normalized spacial score (nSPS) is 15.2. The zero-order valence-electron chi connectivity index (χ0n) is 23.7. The molecule has 40 heavy (non-hydrogen) atoms. The number of carbonyl (C=O) groups is 1. The third-order valence-electron chi connectivity index (χ3n) is 7.48. The highest BCUT2D eigenvalue weighted by atomic mass is 32.1. The van der Waals surface area contributed by atoms with Crippen molar-refractivity contribution in [3.63, 3.8) is 0 Å². The monoisotopic (exact) mass is 558 g/mol. The molecule has 208 valence electrons. The summed E-state index contributed by atoms with van der Waals surface area (Å²) in [5.41, 5.74) is 3.59. The second kappa shape index (κ2) is 11.2. The van der Waals surface area contributed by atoms with Crippen LogP contribution < -0.4 is 24.4 Å². The zero-order chi connectivity index (χ0) is 28.6. The summed E-state index contributed by atoms with van der Waals surface area (Å²) in [4.78, 5) is 35.2. The van der Waals surface area contributed by atoms with E-state index >= 15 is 0 Å². The van der Waals surface area contributed by atoms with Crippen molar-refractivity contribution in [2.45, 2.75) is 40.3 Å². The summed E-state index contributed by atoms with van der Waals surface area (Å²) in [5, 5.41) is 1.08. The first-order valence-electron chi connectivity index (χ1n) is 13.5. The van der Waals surface area contributed by atoms with E-state index in [0.717, 1.165) is 23.0 Å². The third-order valence-corrected chi connectivity index (χ3v) is 8.46. The Morgan fingerprint density at radius 1 is 1.10 bits per heavy atom. The third kappa shape index (κ3) is 4.54. The van der Waals surface area contributed by atoms with E-state index in [9.17, 15) is 9.59 Å². The number of methoxy groups -OCH3 is 2. The number of aryl methyl sites for hydroxylation is 1. The average Bonchev–Trinajstić information content (AvgIpc) is 3.48. The fourth-order valence-corrected chi connectivity index (χ4v) is 6.45. The maximum atomic E-state index is 14.2. The summed E-state index contributed by atoms with van der Waals surface area (Å²) in [6, 6.07) is 12.9. The van der Waals surface area contributed by atoms with E-state index in [-0.39, 0.29) is 11.5 Å². The van der Waals surface area contributed by atoms with Crippen molar-refractivity contribution in [2.24, 2.45) is 4.99 Å². The molecule has 5 rings (SSSR count). The van der Waals surface area contributed by atoms with Gasteiger partial charge in [-0.25, -0.2) is 4.99 Å². The maximum Gasteiger partial charge on any atom is 0.271 e. The van der Waals surface area contributed by atoms with Crippen LogP contribution in [0.1, 0.15) is 44.9 Å². The average molecular weight is 559 g/mol. The molecule has 0 N–H and O–H groups in total. The summed E-state index contributed by atoms with van der Waals surface area (Å²) in [6.07, 6.45) is 4.01. The number of rotatable bonds is 8. The second-order valence-electron chi connectivity index (χ2n) is 9.55. The number of para-hydroxylation sites is 1. The molecular formula is C31H34N4O4S. The highest BCUT2D eigenvalue weighted by molar-refractivity contribution is 7.07. The van der Waals surface area contributed by atoms with Crippen LogP contribution in [0.15, 0.2) is 69.7 Å². The fraction of sp³-hybridized carbons (Fsp3) is 0.323. The first-order valence-corrected chi connectivity index (χ1v) is 14.3. The van der Waals surface area contributed by atoms with Gasteiger partial charge in [-0.05, 0) is 58.0 Å². The number of thiazole rings is 1. The van der Waals surface area contributed by atoms with Gasteiger partial charge in [0.2, 0.25) is 0 Å². The number of allylic oxidation sites excluding steroid dienone is 1. The van der Waals surface area contributed by atoms with Crippen LogP contribution in [0.2, 0.25) is 0 Å². The molecule has 4 aromatic rings. The minimum Gasteiger partial charge on any atom is -0.497 e. The molecule has 3 heterocycles. The molecule has 0 spiro atoms. The van der Waals surface area contributed by atoms with Crippen molar-refractivity contribution in [1.82, 2.24) is 14.0 Å². The minimum atomic E-state index is -0.728. The quantitative estimate of drug-likeness (QED) is 0.326. The maximum absolute atomic E-state index is 14.2. The van der Waals surface area contributed by atoms with E-state index in [1.165, 1.54) is 11.3 Å². The van der Waals surface area contributed by atoms with Crippen molar-refractivity contribution >= 4 is 34.2 Å². The molecule has 0 saturated carbocycles. The lowest BCUT2D eigenvalue weighted by atomic mass is 9.93. The van der Waals surface area contributed by atoms with Gasteiger partial charge >= 0.3 is 0 Å². The summed E-state index contributed by atoms with van der Waals surface area (Å²) in [5.74, 6) is 1.02. The van der Waals surface area contributed by atoms with Gasteiger partial charge in [-0.3, -0.25) is 14.2 Å². The number of hydrogen-bond donors (Lipinski definition) is 0. The number of hydrogen-bond acceptors (Lipinski definition) is 6. The number of aromatic nitrogens is 2. The molecule has 1 atom stereocenters. The lowest BCUT2D eigenvalue weighted by molar-refractivity contribution is -0.127. The molecule has 1 amide bonds. The molecule has 0 bridgehead atoms. The Kier molecular flexibility index (Phi) is 7.67. The van der Waals surface area contributed by atoms with Gasteiger partial charge in [0.1, 0.15) is 17.5 Å². The first kappa shape index (κ1) is 27.5. The van der Waals surface area contributed by atoms with Crippen LogP contribution in [-0.2, 0) is 11.3 Å². The molecule has 0 aliphatic carbocycles. The number of ether oxygens (including phenoxy) is 2. The van der Waals surface area contributed by atoms with Crippen molar-refractivity contribution < 1.29 is 14.3 Å². The lowest BCUT2D eigenvalue weighted by Gasteiger charge is -2.30. The molecular weight excluding hydrogens is 524 g/mol. The SMILES string of the molecule is CCN(CC)C(=O)C1=C(C)N=c2s/c(=C/c3cn(CC)c4ccccc34)c(=O)n2[C@@H]1c1cc(OC)ccc1OC. The van der Waals surface area contributed by atoms with Gasteiger partial charge in [0.15, 0.2) is 4.80 Å². The van der Waals surface area contributed by atoms with Crippen LogP contribution in [0.25, 0.3) is 17.0 Å². The van der Waals surface area contributed by atoms with E-state index in [1.54, 1.807) is 35.8 Å². The molecule has 0 fully saturated rings. The van der Waals surface area contributed by atoms with Gasteiger partial charge in [-0.1, -0.05) is 29.5 Å². The number of benzene rings is 2. The van der Waals surface area contributed by atoms with Gasteiger partial charge in [-0.15, -0.1) is 0 Å². The number of likely N-dealkylation sites (N-methyl/N-ethyl adjacent to an activating group) is 1. The van der Waals surface area contributed by atoms with E-state index in [4.69, 9.17) is 14.5 Å². The Hall–Kier alpha value is -4.11. The Bertz CT molecular complexity index is 1810. The zero-order valence-corrected chi connectivity index (χ0v) is 24.5. The standard InChI is InChI=1S/C31H34N4O4S/c1-7-33(8-2)30(37)27-19(4)32-31-35(28(27)23-17-21(38-5)14-15-25(23)39-6)29(36)26(40-31)16-20-18-34(9-3)24-13-11-10-12-22(20)24/h10-18,28H,7-9H2,1-6H3/b26-16+/t28-/m1/s1. The topological polar surface area (TPSA) is 78.1 Å². The van der Waals surface area contributed by atoms with Crippen molar-refractivity contribution in [3.8, 4) is 11.5 Å². The smallest absolute Gasteiger partial charge is 0.271 e. The number of nitrogens with zero attached hydrogens (tertiary/aromatic N) is 4. The molecule has 9 heteroatoms. The minimum absolute atomic E-state index is 0.151. The van der Waals surface area contributed by atoms with E-state index in [1.807, 2.05) is 45.0 Å². The molecule has 0 saturated heterocycles. The van der Waals surface area contributed by atoms with E-state index in [0.29, 0.717) is 50.8 Å². The Balaban J connectivity index is 1.80. The van der Waals surface area contributed by atoms with E-state index in [2.05, 4.69) is 29.8 Å². The van der Waals surface area contributed by atoms with E-state index < -0.39 is 6.04 Å². The summed E-state index contributed by atoms with van der Waals surface area (Å²) in [7, 11) is 3.17. The summed E-state index contributed by atoms with van der Waals surface area (Å²) < 4.78 is 15.6. The number of fused-ring (bicyclic) bond motifs is 2. The van der Waals surface area contributed by atoms with Gasteiger partial charge in [0, 0.05) is 47.9 Å². The second-order valence-corrected chi connectivity index (χ2v) is 10.6. The highest BCUT2D eigenvalue weighted by Gasteiger charge is 2.36. The van der Waals surface area contributed by atoms with Gasteiger partial charge in [0.25, 0.3) is 11.5 Å². The van der Waals surface area contributed by atoms with Crippen molar-refractivity contribution in [2.75, 3.05) is 27.3 Å². The van der Waals surface area contributed by atoms with Crippen LogP contribution in [0, 0.1) is 0 Å². The number of carbonyl (C=O) groups excluding carboxylic acids is 1. The van der Waals surface area contributed by atoms with Crippen LogP contribution in [0.4, 0.5) is 0 Å². The Labute approximate surface area is 237 Å². The van der Waals surface area contributed by atoms with Crippen LogP contribution in [0.5, 0.6) is 11.5 Å². The number of amides is 1. The molecule has 2 aromatic carbocycles. The predicted octanol–water partition coefficient (Wildman–Crippen LogP) is 4.10. The Morgan fingerprint density at radius 2 is 1.85 bits per heavy atom. The molecule has 0 unspecified atom stereocenters. The predicted molar refractivity (Wildman–Crippen MR) is 159 cm³/mol. The molecule has 8 nitrogen and oxygen atoms in total. The van der Waals surface area contributed by atoms with Crippen LogP contribution in [-0.4, -0.2) is 47.3 Å². The van der Waals surface area contributed by atoms with Gasteiger partial charge in [0.05, 0.1) is 30.0 Å². The molecule has 0 radical (unpaired) electrons. The Morgan fingerprint density at radius 3 is 2.52 bits per heavy atom. The molecule has 1 aliphatic heterocycles. The largest absolute Gasteiger partial charge is 0.497 e. The van der Waals surface area contributed by atoms with Gasteiger partial charge in [-0.2, -0.15) is 0 Å². The summed E-state index contributed by atoms with van der Waals surface area (Å²) in [6.45, 7) is 9.73. The lowest BCUT2D eigenvalue weighted by Crippen LogP contribution is -2.43. The highest BCUT2D eigenvalue weighted by Crippen LogP contribution is 2.38. The van der Waals surface area contributed by atoms with Crippen LogP contribution in [0.3, 0.4) is 0 Å². The van der Waals surface area contributed by atoms with Crippen molar-refractivity contribution in [1.29, 1.82) is 0 Å². The van der Waals surface area contributed by atoms with Gasteiger partial charge < -0.3 is 18.9 Å². The van der Waals surface area contributed by atoms with Crippen LogP contribution >= 0.6 is 11.3 Å². The van der Waals surface area contributed by atoms with Crippen molar-refractivity contribution in [3.05, 3.63) is 90.7 Å². The first-order chi connectivity index (χ1) is 19.4. The summed E-state index contributed by atoms with van der Waals surface area (Å²) >= 11 is 1.33. The molecule has 1 aliphatic rings.